The molecule has 0 heterocycles. The van der Waals surface area contributed by atoms with Crippen molar-refractivity contribution in [3.8, 4) is 11.1 Å². The average Bonchev–Trinajstić information content (AvgIpc) is 3.04. The fraction of sp³-hybridized carbons (Fsp3) is 0.158. The molecule has 2 aliphatic rings. The Bertz CT molecular complexity index is 730. The van der Waals surface area contributed by atoms with Gasteiger partial charge in [-0.15, -0.1) is 0 Å². The summed E-state index contributed by atoms with van der Waals surface area (Å²) in [5.74, 6) is 0. The Balaban J connectivity index is 1.91. The lowest BCUT2D eigenvalue weighted by Crippen LogP contribution is -1.91. The van der Waals surface area contributed by atoms with Crippen LogP contribution in [0, 0.1) is 6.92 Å². The van der Waals surface area contributed by atoms with E-state index in [1.807, 2.05) is 0 Å². The van der Waals surface area contributed by atoms with Crippen molar-refractivity contribution in [2.45, 2.75) is 19.8 Å². The predicted octanol–water partition coefficient (Wildman–Crippen LogP) is 4.91. The zero-order valence-electron chi connectivity index (χ0n) is 11.1. The highest BCUT2D eigenvalue weighted by Crippen LogP contribution is 2.40. The normalized spacial score (nSPS) is 15.3. The quantitative estimate of drug-likeness (QED) is 0.570. The fourth-order valence-corrected chi connectivity index (χ4v) is 3.30. The van der Waals surface area contributed by atoms with Crippen LogP contribution >= 0.6 is 0 Å². The molecule has 0 spiro atoms. The van der Waals surface area contributed by atoms with Gasteiger partial charge in [-0.25, -0.2) is 0 Å². The first-order chi connectivity index (χ1) is 9.33. The van der Waals surface area contributed by atoms with Crippen molar-refractivity contribution in [1.29, 1.82) is 0 Å². The molecule has 4 rings (SSSR count). The molecule has 0 heteroatoms. The van der Waals surface area contributed by atoms with Crippen molar-refractivity contribution < 1.29 is 0 Å². The lowest BCUT2D eigenvalue weighted by molar-refractivity contribution is 1.24. The predicted molar refractivity (Wildman–Crippen MR) is 81.2 cm³/mol. The van der Waals surface area contributed by atoms with Crippen LogP contribution in [0.1, 0.15) is 28.7 Å². The molecule has 2 aromatic carbocycles. The van der Waals surface area contributed by atoms with E-state index in [2.05, 4.69) is 61.5 Å². The molecule has 0 saturated carbocycles. The van der Waals surface area contributed by atoms with E-state index >= 15 is 0 Å². The van der Waals surface area contributed by atoms with E-state index < -0.39 is 0 Å². The summed E-state index contributed by atoms with van der Waals surface area (Å²) >= 11 is 0. The first kappa shape index (κ1) is 10.8. The molecule has 0 amide bonds. The molecular formula is C19H16. The minimum atomic E-state index is 1.07. The molecule has 0 atom stereocenters. The SMILES string of the molecule is Cc1cc2c(cc1C1=CC=CC1)-c1ccccc1C2. The second kappa shape index (κ2) is 3.96. The van der Waals surface area contributed by atoms with Gasteiger partial charge >= 0.3 is 0 Å². The van der Waals surface area contributed by atoms with Crippen molar-refractivity contribution in [1.82, 2.24) is 0 Å². The molecule has 0 aromatic heterocycles. The number of benzene rings is 2. The molecule has 0 saturated heterocycles. The smallest absolute Gasteiger partial charge is 0.00133 e. The Morgan fingerprint density at radius 1 is 0.895 bits per heavy atom. The van der Waals surface area contributed by atoms with Crippen LogP contribution in [0.25, 0.3) is 16.7 Å². The first-order valence-electron chi connectivity index (χ1n) is 6.91. The first-order valence-corrected chi connectivity index (χ1v) is 6.91. The Hall–Kier alpha value is -2.08. The van der Waals surface area contributed by atoms with Crippen molar-refractivity contribution in [3.05, 3.63) is 76.9 Å². The molecular weight excluding hydrogens is 228 g/mol. The average molecular weight is 244 g/mol. The summed E-state index contributed by atoms with van der Waals surface area (Å²) in [5, 5.41) is 0. The van der Waals surface area contributed by atoms with Crippen LogP contribution < -0.4 is 0 Å². The fourth-order valence-electron chi connectivity index (χ4n) is 3.30. The van der Waals surface area contributed by atoms with Crippen LogP contribution in [0.15, 0.2) is 54.6 Å². The third-order valence-corrected chi connectivity index (χ3v) is 4.26. The molecule has 0 radical (unpaired) electrons. The standard InChI is InChI=1S/C19H16/c1-13-10-16-11-15-8-4-5-9-17(15)19(16)12-18(13)14-6-2-3-7-14/h2-6,8-10,12H,7,11H2,1H3. The maximum Gasteiger partial charge on any atom is -0.00133 e. The van der Waals surface area contributed by atoms with E-state index in [4.69, 9.17) is 0 Å². The van der Waals surface area contributed by atoms with Crippen molar-refractivity contribution in [2.24, 2.45) is 0 Å². The van der Waals surface area contributed by atoms with Crippen molar-refractivity contribution in [2.75, 3.05) is 0 Å². The highest BCUT2D eigenvalue weighted by molar-refractivity contribution is 5.83. The maximum absolute atomic E-state index is 2.40. The molecule has 0 unspecified atom stereocenters. The minimum absolute atomic E-state index is 1.07. The van der Waals surface area contributed by atoms with Crippen LogP contribution in [-0.2, 0) is 6.42 Å². The summed E-state index contributed by atoms with van der Waals surface area (Å²) in [5.41, 5.74) is 10.1. The molecule has 19 heavy (non-hydrogen) atoms. The molecule has 92 valence electrons. The molecule has 0 N–H and O–H groups in total. The van der Waals surface area contributed by atoms with Gasteiger partial charge in [-0.05, 0) is 64.8 Å². The lowest BCUT2D eigenvalue weighted by Gasteiger charge is -2.11. The van der Waals surface area contributed by atoms with E-state index in [9.17, 15) is 0 Å². The van der Waals surface area contributed by atoms with Gasteiger partial charge in [0, 0.05) is 0 Å². The molecule has 0 fully saturated rings. The number of rotatable bonds is 1. The minimum Gasteiger partial charge on any atom is -0.0801 e. The summed E-state index contributed by atoms with van der Waals surface area (Å²) < 4.78 is 0. The highest BCUT2D eigenvalue weighted by atomic mass is 14.2. The Morgan fingerprint density at radius 2 is 1.79 bits per heavy atom. The van der Waals surface area contributed by atoms with Gasteiger partial charge in [0.2, 0.25) is 0 Å². The maximum atomic E-state index is 2.40. The van der Waals surface area contributed by atoms with Crippen molar-refractivity contribution >= 4 is 5.57 Å². The largest absolute Gasteiger partial charge is 0.0801 e. The van der Waals surface area contributed by atoms with Gasteiger partial charge in [0.05, 0.1) is 0 Å². The summed E-state index contributed by atoms with van der Waals surface area (Å²) in [6, 6.07) is 13.6. The van der Waals surface area contributed by atoms with Crippen LogP contribution in [0.2, 0.25) is 0 Å². The number of aryl methyl sites for hydroxylation is 1. The second-order valence-corrected chi connectivity index (χ2v) is 5.48. The van der Waals surface area contributed by atoms with Crippen LogP contribution in [0.4, 0.5) is 0 Å². The number of hydrogen-bond donors (Lipinski definition) is 0. The second-order valence-electron chi connectivity index (χ2n) is 5.48. The zero-order chi connectivity index (χ0) is 12.8. The van der Waals surface area contributed by atoms with Gasteiger partial charge in [0.25, 0.3) is 0 Å². The Morgan fingerprint density at radius 3 is 2.63 bits per heavy atom. The molecule has 0 aliphatic heterocycles. The van der Waals surface area contributed by atoms with Crippen LogP contribution in [-0.4, -0.2) is 0 Å². The monoisotopic (exact) mass is 244 g/mol. The molecule has 0 bridgehead atoms. The zero-order valence-corrected chi connectivity index (χ0v) is 11.1. The lowest BCUT2D eigenvalue weighted by atomic mass is 9.94. The third-order valence-electron chi connectivity index (χ3n) is 4.26. The van der Waals surface area contributed by atoms with E-state index in [1.54, 1.807) is 0 Å². The Labute approximate surface area is 114 Å². The molecule has 2 aliphatic carbocycles. The van der Waals surface area contributed by atoms with Gasteiger partial charge in [-0.3, -0.25) is 0 Å². The van der Waals surface area contributed by atoms with E-state index in [1.165, 1.54) is 39.0 Å². The summed E-state index contributed by atoms with van der Waals surface area (Å²) in [4.78, 5) is 0. The van der Waals surface area contributed by atoms with Crippen molar-refractivity contribution in [3.63, 3.8) is 0 Å². The van der Waals surface area contributed by atoms with Gasteiger partial charge in [0.15, 0.2) is 0 Å². The van der Waals surface area contributed by atoms with E-state index in [-0.39, 0.29) is 0 Å². The number of hydrogen-bond acceptors (Lipinski definition) is 0. The third kappa shape index (κ3) is 1.60. The van der Waals surface area contributed by atoms with Gasteiger partial charge in [-0.2, -0.15) is 0 Å². The number of fused-ring (bicyclic) bond motifs is 3. The Kier molecular flexibility index (Phi) is 2.25. The van der Waals surface area contributed by atoms with E-state index in [0.717, 1.165) is 12.8 Å². The topological polar surface area (TPSA) is 0 Å². The summed E-state index contributed by atoms with van der Waals surface area (Å²) in [7, 11) is 0. The summed E-state index contributed by atoms with van der Waals surface area (Å²) in [6.07, 6.45) is 8.80. The molecule has 2 aromatic rings. The van der Waals surface area contributed by atoms with Gasteiger partial charge in [0.1, 0.15) is 0 Å². The highest BCUT2D eigenvalue weighted by Gasteiger charge is 2.20. The van der Waals surface area contributed by atoms with Crippen LogP contribution in [0.3, 0.4) is 0 Å². The van der Waals surface area contributed by atoms with Gasteiger partial charge in [-0.1, -0.05) is 48.6 Å². The van der Waals surface area contributed by atoms with E-state index in [0.29, 0.717) is 0 Å². The van der Waals surface area contributed by atoms with Crippen LogP contribution in [0.5, 0.6) is 0 Å². The van der Waals surface area contributed by atoms with Gasteiger partial charge < -0.3 is 0 Å². The molecule has 0 nitrogen and oxygen atoms in total. The summed E-state index contributed by atoms with van der Waals surface area (Å²) in [6.45, 7) is 2.23. The number of allylic oxidation sites excluding steroid dienone is 4.